The van der Waals surface area contributed by atoms with Gasteiger partial charge in [0.1, 0.15) is 0 Å². The SMILES string of the molecule is CCCCOC(=O)[C@](C)(CCCC(C)(C)CS(=O)(=O)CCO[Si](C)(C)C(C)(C)C)c1cccc(C(C)CC(=O)OC)c1. The van der Waals surface area contributed by atoms with Crippen molar-refractivity contribution in [1.29, 1.82) is 0 Å². The number of hydrogen-bond acceptors (Lipinski definition) is 7. The molecule has 42 heavy (non-hydrogen) atoms. The lowest BCUT2D eigenvalue weighted by atomic mass is 9.75. The molecule has 1 aromatic carbocycles. The normalized spacial score (nSPS) is 15.1. The molecule has 0 aliphatic rings. The summed E-state index contributed by atoms with van der Waals surface area (Å²) >= 11 is 0. The topological polar surface area (TPSA) is 96.0 Å². The molecule has 2 atom stereocenters. The fourth-order valence-electron chi connectivity index (χ4n) is 4.77. The highest BCUT2D eigenvalue weighted by Gasteiger charge is 2.39. The smallest absolute Gasteiger partial charge is 0.316 e. The van der Waals surface area contributed by atoms with Crippen molar-refractivity contribution in [3.8, 4) is 0 Å². The van der Waals surface area contributed by atoms with Crippen LogP contribution in [0.5, 0.6) is 0 Å². The molecule has 0 spiro atoms. The van der Waals surface area contributed by atoms with Crippen molar-refractivity contribution < 1.29 is 31.9 Å². The first kappa shape index (κ1) is 38.3. The number of ether oxygens (including phenoxy) is 2. The van der Waals surface area contributed by atoms with E-state index >= 15 is 0 Å². The predicted molar refractivity (Wildman–Crippen MR) is 174 cm³/mol. The van der Waals surface area contributed by atoms with Crippen LogP contribution in [0.15, 0.2) is 24.3 Å². The van der Waals surface area contributed by atoms with Crippen molar-refractivity contribution in [2.24, 2.45) is 5.41 Å². The molecule has 242 valence electrons. The monoisotopic (exact) mass is 626 g/mol. The van der Waals surface area contributed by atoms with Crippen LogP contribution in [0.3, 0.4) is 0 Å². The van der Waals surface area contributed by atoms with Gasteiger partial charge in [-0.25, -0.2) is 8.42 Å². The number of carbonyl (C=O) groups excluding carboxylic acids is 2. The summed E-state index contributed by atoms with van der Waals surface area (Å²) in [5, 5.41) is 0.0271. The Morgan fingerprint density at radius 2 is 1.62 bits per heavy atom. The Kier molecular flexibility index (Phi) is 14.5. The Bertz CT molecular complexity index is 1120. The zero-order valence-corrected chi connectivity index (χ0v) is 30.0. The lowest BCUT2D eigenvalue weighted by molar-refractivity contribution is -0.150. The van der Waals surface area contributed by atoms with Crippen LogP contribution < -0.4 is 0 Å². The minimum absolute atomic E-state index is 0.0148. The van der Waals surface area contributed by atoms with E-state index in [1.807, 2.05) is 52.0 Å². The third-order valence-corrected chi connectivity index (χ3v) is 15.3. The first-order valence-corrected chi connectivity index (χ1v) is 20.1. The van der Waals surface area contributed by atoms with Crippen molar-refractivity contribution in [1.82, 2.24) is 0 Å². The number of sulfone groups is 1. The number of rotatable bonds is 18. The second kappa shape index (κ2) is 15.8. The van der Waals surface area contributed by atoms with Crippen LogP contribution in [-0.4, -0.2) is 60.5 Å². The molecule has 0 saturated heterocycles. The number of methoxy groups -OCH3 is 1. The molecule has 0 aliphatic heterocycles. The van der Waals surface area contributed by atoms with Crippen LogP contribution in [0.4, 0.5) is 0 Å². The van der Waals surface area contributed by atoms with Gasteiger partial charge in [-0.3, -0.25) is 9.59 Å². The van der Waals surface area contributed by atoms with Crippen LogP contribution >= 0.6 is 0 Å². The van der Waals surface area contributed by atoms with E-state index in [0.29, 0.717) is 25.9 Å². The van der Waals surface area contributed by atoms with Gasteiger partial charge in [0, 0.05) is 6.61 Å². The Morgan fingerprint density at radius 3 is 2.19 bits per heavy atom. The summed E-state index contributed by atoms with van der Waals surface area (Å²) < 4.78 is 42.8. The number of unbranched alkanes of at least 4 members (excludes halogenated alkanes) is 1. The summed E-state index contributed by atoms with van der Waals surface area (Å²) in [6.07, 6.45) is 3.79. The van der Waals surface area contributed by atoms with E-state index in [0.717, 1.165) is 24.0 Å². The zero-order chi connectivity index (χ0) is 32.4. The fourth-order valence-corrected chi connectivity index (χ4v) is 7.78. The Hall–Kier alpha value is -1.71. The predicted octanol–water partition coefficient (Wildman–Crippen LogP) is 7.59. The molecule has 7 nitrogen and oxygen atoms in total. The third kappa shape index (κ3) is 12.1. The molecule has 0 N–H and O–H groups in total. The molecule has 9 heteroatoms. The van der Waals surface area contributed by atoms with Crippen LogP contribution in [0.1, 0.15) is 111 Å². The molecule has 0 bridgehead atoms. The highest BCUT2D eigenvalue weighted by molar-refractivity contribution is 7.91. The quantitative estimate of drug-likeness (QED) is 0.0941. The summed E-state index contributed by atoms with van der Waals surface area (Å²) in [7, 11) is -3.95. The second-order valence-corrected chi connectivity index (χ2v) is 21.3. The molecular formula is C33H58O7SSi. The first-order valence-electron chi connectivity index (χ1n) is 15.4. The van der Waals surface area contributed by atoms with Crippen LogP contribution in [0, 0.1) is 5.41 Å². The van der Waals surface area contributed by atoms with Gasteiger partial charge in [-0.05, 0) is 66.8 Å². The van der Waals surface area contributed by atoms with E-state index in [1.54, 1.807) is 0 Å². The maximum absolute atomic E-state index is 13.5. The summed E-state index contributed by atoms with van der Waals surface area (Å²) in [4.78, 5) is 25.4. The average Bonchev–Trinajstić information content (AvgIpc) is 2.86. The highest BCUT2D eigenvalue weighted by atomic mass is 32.2. The molecule has 0 fully saturated rings. The van der Waals surface area contributed by atoms with Crippen LogP contribution in [0.2, 0.25) is 18.1 Å². The zero-order valence-electron chi connectivity index (χ0n) is 28.2. The second-order valence-electron chi connectivity index (χ2n) is 14.3. The highest BCUT2D eigenvalue weighted by Crippen LogP contribution is 2.38. The lowest BCUT2D eigenvalue weighted by Crippen LogP contribution is -2.42. The lowest BCUT2D eigenvalue weighted by Gasteiger charge is -2.36. The van der Waals surface area contributed by atoms with Crippen molar-refractivity contribution in [2.45, 2.75) is 123 Å². The minimum atomic E-state index is -3.32. The molecular weight excluding hydrogens is 569 g/mol. The standard InChI is InChI=1S/C33H58O7SSi/c1-12-13-20-39-30(35)33(8,28-17-14-16-27(24-28)26(2)23-29(34)38-9)19-15-18-32(6,7)25-41(36,37)22-21-40-42(10,11)31(3,4)5/h14,16-17,24,26H,12-13,15,18-23,25H2,1-11H3/t26?,33-/m1/s1. The fraction of sp³-hybridized carbons (Fsp3) is 0.758. The molecule has 1 aromatic rings. The Labute approximate surface area is 257 Å². The van der Waals surface area contributed by atoms with Gasteiger partial charge in [0.05, 0.1) is 37.1 Å². The van der Waals surface area contributed by atoms with Gasteiger partial charge in [-0.1, -0.05) is 85.6 Å². The van der Waals surface area contributed by atoms with Crippen molar-refractivity contribution in [3.05, 3.63) is 35.4 Å². The van der Waals surface area contributed by atoms with E-state index < -0.39 is 29.0 Å². The van der Waals surface area contributed by atoms with Gasteiger partial charge in [-0.2, -0.15) is 0 Å². The molecule has 0 amide bonds. The van der Waals surface area contributed by atoms with Crippen molar-refractivity contribution in [2.75, 3.05) is 31.8 Å². The number of carbonyl (C=O) groups is 2. The maximum Gasteiger partial charge on any atom is 0.316 e. The molecule has 1 rings (SSSR count). The van der Waals surface area contributed by atoms with Crippen LogP contribution in [-0.2, 0) is 38.7 Å². The van der Waals surface area contributed by atoms with Crippen molar-refractivity contribution >= 4 is 30.1 Å². The Morgan fingerprint density at radius 1 is 0.976 bits per heavy atom. The largest absolute Gasteiger partial charge is 0.469 e. The van der Waals surface area contributed by atoms with Gasteiger partial charge in [0.15, 0.2) is 18.2 Å². The molecule has 0 saturated carbocycles. The molecule has 1 unspecified atom stereocenters. The third-order valence-electron chi connectivity index (χ3n) is 8.78. The van der Waals surface area contributed by atoms with Crippen LogP contribution in [0.25, 0.3) is 0 Å². The molecule has 0 aromatic heterocycles. The van der Waals surface area contributed by atoms with Gasteiger partial charge >= 0.3 is 11.9 Å². The summed E-state index contributed by atoms with van der Waals surface area (Å²) in [5.74, 6) is -0.539. The van der Waals surface area contributed by atoms with E-state index in [-0.39, 0.29) is 47.4 Å². The summed E-state index contributed by atoms with van der Waals surface area (Å²) in [6, 6.07) is 7.81. The van der Waals surface area contributed by atoms with E-state index in [9.17, 15) is 18.0 Å². The minimum Gasteiger partial charge on any atom is -0.469 e. The van der Waals surface area contributed by atoms with Crippen molar-refractivity contribution in [3.63, 3.8) is 0 Å². The number of benzene rings is 1. The van der Waals surface area contributed by atoms with Gasteiger partial charge < -0.3 is 13.9 Å². The van der Waals surface area contributed by atoms with E-state index in [1.165, 1.54) is 7.11 Å². The molecule has 0 radical (unpaired) electrons. The Balaban J connectivity index is 3.02. The maximum atomic E-state index is 13.5. The first-order chi connectivity index (χ1) is 19.2. The van der Waals surface area contributed by atoms with Gasteiger partial charge in [-0.15, -0.1) is 0 Å². The summed E-state index contributed by atoms with van der Waals surface area (Å²) in [6.45, 7) is 21.2. The van der Waals surface area contributed by atoms with E-state index in [2.05, 4.69) is 40.8 Å². The summed E-state index contributed by atoms with van der Waals surface area (Å²) in [5.41, 5.74) is 0.434. The van der Waals surface area contributed by atoms with Gasteiger partial charge in [0.25, 0.3) is 0 Å². The molecule has 0 aliphatic carbocycles. The van der Waals surface area contributed by atoms with Gasteiger partial charge in [0.2, 0.25) is 0 Å². The van der Waals surface area contributed by atoms with E-state index in [4.69, 9.17) is 13.9 Å². The number of esters is 2. The average molecular weight is 627 g/mol. The molecule has 0 heterocycles. The number of hydrogen-bond donors (Lipinski definition) is 0.